The molecule has 2 aliphatic rings. The zero-order chi connectivity index (χ0) is 21.4. The van der Waals surface area contributed by atoms with E-state index in [1.165, 1.54) is 0 Å². The lowest BCUT2D eigenvalue weighted by Crippen LogP contribution is -2.34. The normalized spacial score (nSPS) is 19.1. The third-order valence-electron chi connectivity index (χ3n) is 5.70. The van der Waals surface area contributed by atoms with Crippen LogP contribution in [0.25, 0.3) is 0 Å². The lowest BCUT2D eigenvalue weighted by Gasteiger charge is -2.39. The molecule has 5 rings (SSSR count). The van der Waals surface area contributed by atoms with Crippen molar-refractivity contribution in [2.75, 3.05) is 21.3 Å². The molecule has 0 amide bonds. The smallest absolute Gasteiger partial charge is 0.217 e. The monoisotopic (exact) mass is 417 g/mol. The van der Waals surface area contributed by atoms with Crippen molar-refractivity contribution in [3.8, 4) is 23.0 Å². The van der Waals surface area contributed by atoms with Gasteiger partial charge in [-0.15, -0.1) is 0 Å². The summed E-state index contributed by atoms with van der Waals surface area (Å²) >= 11 is 0. The number of nitrogens with zero attached hydrogens (tertiary/aromatic N) is 3. The topological polar surface area (TPSA) is 65.4 Å². The van der Waals surface area contributed by atoms with Gasteiger partial charge in [-0.2, -0.15) is 5.10 Å². The minimum absolute atomic E-state index is 0.00466. The molecule has 0 aliphatic carbocycles. The Bertz CT molecular complexity index is 1130. The summed E-state index contributed by atoms with van der Waals surface area (Å²) < 4.78 is 23.2. The Kier molecular flexibility index (Phi) is 4.86. The predicted molar refractivity (Wildman–Crippen MR) is 116 cm³/mol. The van der Waals surface area contributed by atoms with E-state index in [0.717, 1.165) is 40.3 Å². The maximum absolute atomic E-state index is 6.52. The highest BCUT2D eigenvalue weighted by Gasteiger charge is 2.43. The molecule has 3 aromatic rings. The summed E-state index contributed by atoms with van der Waals surface area (Å²) in [5.74, 6) is 2.84. The summed E-state index contributed by atoms with van der Waals surface area (Å²) in [6.45, 7) is 0. The van der Waals surface area contributed by atoms with Crippen LogP contribution in [0.5, 0.6) is 23.0 Å². The Labute approximate surface area is 180 Å². The highest BCUT2D eigenvalue weighted by Crippen LogP contribution is 2.52. The van der Waals surface area contributed by atoms with Gasteiger partial charge in [0.1, 0.15) is 11.5 Å². The first-order valence-corrected chi connectivity index (χ1v) is 10.0. The van der Waals surface area contributed by atoms with Gasteiger partial charge in [0.15, 0.2) is 11.5 Å². The van der Waals surface area contributed by atoms with Crippen LogP contribution in [0.2, 0.25) is 0 Å². The van der Waals surface area contributed by atoms with Crippen LogP contribution >= 0.6 is 0 Å². The molecule has 3 heterocycles. The van der Waals surface area contributed by atoms with Crippen molar-refractivity contribution in [3.05, 3.63) is 77.6 Å². The van der Waals surface area contributed by atoms with Crippen molar-refractivity contribution in [2.24, 2.45) is 5.10 Å². The lowest BCUT2D eigenvalue weighted by molar-refractivity contribution is -0.0223. The first-order chi connectivity index (χ1) is 15.2. The zero-order valence-electron chi connectivity index (χ0n) is 17.6. The summed E-state index contributed by atoms with van der Waals surface area (Å²) in [6, 6.07) is 15.6. The van der Waals surface area contributed by atoms with Gasteiger partial charge in [-0.05, 0) is 30.3 Å². The molecular formula is C24H23N3O4. The number of methoxy groups -OCH3 is 3. The van der Waals surface area contributed by atoms with Crippen LogP contribution < -0.4 is 18.9 Å². The molecule has 0 bridgehead atoms. The van der Waals surface area contributed by atoms with Gasteiger partial charge < -0.3 is 18.9 Å². The van der Waals surface area contributed by atoms with Crippen molar-refractivity contribution in [1.82, 2.24) is 9.99 Å². The van der Waals surface area contributed by atoms with Crippen molar-refractivity contribution in [1.29, 1.82) is 0 Å². The number of rotatable bonds is 5. The van der Waals surface area contributed by atoms with Crippen molar-refractivity contribution in [2.45, 2.75) is 18.7 Å². The van der Waals surface area contributed by atoms with E-state index < -0.39 is 6.23 Å². The molecule has 7 heteroatoms. The molecule has 0 saturated carbocycles. The number of hydrogen-bond donors (Lipinski definition) is 0. The van der Waals surface area contributed by atoms with Gasteiger partial charge in [-0.1, -0.05) is 18.2 Å². The number of benzene rings is 2. The number of ether oxygens (including phenoxy) is 4. The van der Waals surface area contributed by atoms with Crippen molar-refractivity contribution < 1.29 is 18.9 Å². The minimum Gasteiger partial charge on any atom is -0.497 e. The molecule has 2 aromatic carbocycles. The molecule has 2 aliphatic heterocycles. The van der Waals surface area contributed by atoms with Gasteiger partial charge in [0, 0.05) is 29.9 Å². The van der Waals surface area contributed by atoms with Gasteiger partial charge in [0.25, 0.3) is 0 Å². The van der Waals surface area contributed by atoms with Crippen molar-refractivity contribution >= 4 is 5.71 Å². The average molecular weight is 417 g/mol. The Morgan fingerprint density at radius 2 is 1.81 bits per heavy atom. The molecule has 0 radical (unpaired) electrons. The fraction of sp³-hybridized carbons (Fsp3) is 0.250. The molecule has 0 fully saturated rings. The van der Waals surface area contributed by atoms with Gasteiger partial charge in [-0.3, -0.25) is 4.98 Å². The van der Waals surface area contributed by atoms with Crippen LogP contribution in [0.1, 0.15) is 35.4 Å². The average Bonchev–Trinajstić information content (AvgIpc) is 3.29. The van der Waals surface area contributed by atoms with E-state index in [-0.39, 0.29) is 6.04 Å². The van der Waals surface area contributed by atoms with E-state index in [4.69, 9.17) is 24.0 Å². The number of hydrazone groups is 1. The zero-order valence-corrected chi connectivity index (χ0v) is 17.6. The second kappa shape index (κ2) is 7.83. The lowest BCUT2D eigenvalue weighted by atomic mass is 9.96. The molecular weight excluding hydrogens is 394 g/mol. The predicted octanol–water partition coefficient (Wildman–Crippen LogP) is 4.35. The van der Waals surface area contributed by atoms with Crippen LogP contribution in [0, 0.1) is 0 Å². The van der Waals surface area contributed by atoms with Crippen LogP contribution in [0.4, 0.5) is 0 Å². The molecule has 0 spiro atoms. The number of pyridine rings is 1. The highest BCUT2D eigenvalue weighted by molar-refractivity contribution is 6.01. The van der Waals surface area contributed by atoms with Gasteiger partial charge >= 0.3 is 0 Å². The summed E-state index contributed by atoms with van der Waals surface area (Å²) in [7, 11) is 4.94. The second-order valence-corrected chi connectivity index (χ2v) is 7.35. The van der Waals surface area contributed by atoms with E-state index >= 15 is 0 Å². The van der Waals surface area contributed by atoms with Crippen LogP contribution in [-0.2, 0) is 0 Å². The molecule has 31 heavy (non-hydrogen) atoms. The highest BCUT2D eigenvalue weighted by atomic mass is 16.5. The fourth-order valence-electron chi connectivity index (χ4n) is 4.19. The quantitative estimate of drug-likeness (QED) is 0.615. The van der Waals surface area contributed by atoms with E-state index in [2.05, 4.69) is 11.1 Å². The number of fused-ring (bicyclic) bond motifs is 3. The van der Waals surface area contributed by atoms with E-state index in [9.17, 15) is 0 Å². The molecule has 0 saturated heterocycles. The van der Waals surface area contributed by atoms with Crippen molar-refractivity contribution in [3.63, 3.8) is 0 Å². The van der Waals surface area contributed by atoms with Gasteiger partial charge in [0.2, 0.25) is 6.23 Å². The summed E-state index contributed by atoms with van der Waals surface area (Å²) in [4.78, 5) is 4.26. The molecule has 0 N–H and O–H groups in total. The van der Waals surface area contributed by atoms with Gasteiger partial charge in [-0.25, -0.2) is 5.01 Å². The molecule has 158 valence electrons. The van der Waals surface area contributed by atoms with E-state index in [1.807, 2.05) is 53.7 Å². The van der Waals surface area contributed by atoms with Crippen LogP contribution in [-0.4, -0.2) is 37.0 Å². The molecule has 2 atom stereocenters. The SMILES string of the molecule is COc1ccc(OC)c([C@@H]2Oc3c(OC)cccc3[C@@H]3CC(c4cccnc4)=NN32)c1. The standard InChI is InChI=1S/C24H23N3O4/c1-28-16-9-10-21(29-2)18(12-16)24-27-20(13-19(26-27)15-6-5-11-25-14-15)17-7-4-8-22(30-3)23(17)31-24/h4-12,14,20,24H,13H2,1-3H3/t20-,24-/m0/s1. The Hall–Kier alpha value is -3.74. The maximum Gasteiger partial charge on any atom is 0.217 e. The first-order valence-electron chi connectivity index (χ1n) is 10.0. The maximum atomic E-state index is 6.52. The fourth-order valence-corrected chi connectivity index (χ4v) is 4.19. The van der Waals surface area contributed by atoms with E-state index in [0.29, 0.717) is 11.5 Å². The molecule has 7 nitrogen and oxygen atoms in total. The second-order valence-electron chi connectivity index (χ2n) is 7.35. The van der Waals surface area contributed by atoms with E-state index in [1.54, 1.807) is 27.5 Å². The largest absolute Gasteiger partial charge is 0.497 e. The third-order valence-corrected chi connectivity index (χ3v) is 5.70. The summed E-state index contributed by atoms with van der Waals surface area (Å²) in [5.41, 5.74) is 3.83. The molecule has 0 unspecified atom stereocenters. The minimum atomic E-state index is -0.506. The Morgan fingerprint density at radius 3 is 2.55 bits per heavy atom. The third kappa shape index (κ3) is 3.22. The summed E-state index contributed by atoms with van der Waals surface area (Å²) in [5, 5.41) is 6.97. The van der Waals surface area contributed by atoms with Crippen LogP contribution in [0.15, 0.2) is 66.0 Å². The Morgan fingerprint density at radius 1 is 0.935 bits per heavy atom. The number of hydrogen-bond acceptors (Lipinski definition) is 7. The first kappa shape index (κ1) is 19.2. The number of para-hydroxylation sites is 1. The Balaban J connectivity index is 1.66. The molecule has 1 aromatic heterocycles. The number of aromatic nitrogens is 1. The van der Waals surface area contributed by atoms with Gasteiger partial charge in [0.05, 0.1) is 38.6 Å². The van der Waals surface area contributed by atoms with Crippen LogP contribution in [0.3, 0.4) is 0 Å². The summed E-state index contributed by atoms with van der Waals surface area (Å²) in [6.07, 6.45) is 3.83.